The third-order valence-electron chi connectivity index (χ3n) is 4.74. The highest BCUT2D eigenvalue weighted by molar-refractivity contribution is 5.80. The number of aromatic nitrogens is 5. The zero-order chi connectivity index (χ0) is 19.5. The van der Waals surface area contributed by atoms with Crippen molar-refractivity contribution < 1.29 is 4.74 Å². The number of aromatic amines is 1. The zero-order valence-corrected chi connectivity index (χ0v) is 15.5. The van der Waals surface area contributed by atoms with E-state index in [9.17, 15) is 0 Å². The van der Waals surface area contributed by atoms with E-state index in [0.29, 0.717) is 18.3 Å². The van der Waals surface area contributed by atoms with Gasteiger partial charge in [-0.05, 0) is 34.0 Å². The molecule has 3 aromatic carbocycles. The number of ether oxygens (including phenoxy) is 1. The Hall–Kier alpha value is -4.06. The summed E-state index contributed by atoms with van der Waals surface area (Å²) in [4.78, 5) is 4.55. The Morgan fingerprint density at radius 1 is 0.759 bits per heavy atom. The molecule has 0 aliphatic rings. The maximum atomic E-state index is 5.88. The predicted molar refractivity (Wildman–Crippen MR) is 111 cm³/mol. The van der Waals surface area contributed by atoms with E-state index in [-0.39, 0.29) is 0 Å². The summed E-state index contributed by atoms with van der Waals surface area (Å²) >= 11 is 0. The first kappa shape index (κ1) is 17.1. The van der Waals surface area contributed by atoms with Gasteiger partial charge in [-0.15, -0.1) is 10.2 Å². The second kappa shape index (κ2) is 7.52. The number of para-hydroxylation sites is 1. The number of H-pyrrole nitrogens is 1. The number of benzene rings is 3. The molecule has 0 saturated heterocycles. The second-order valence-electron chi connectivity index (χ2n) is 6.61. The molecule has 1 N–H and O–H groups in total. The van der Waals surface area contributed by atoms with Crippen molar-refractivity contribution >= 4 is 10.9 Å². The van der Waals surface area contributed by atoms with Crippen LogP contribution in [0.15, 0.2) is 84.9 Å². The van der Waals surface area contributed by atoms with Crippen LogP contribution in [0.3, 0.4) is 0 Å². The Kier molecular flexibility index (Phi) is 4.42. The zero-order valence-electron chi connectivity index (χ0n) is 15.5. The van der Waals surface area contributed by atoms with Gasteiger partial charge in [0.1, 0.15) is 6.61 Å². The van der Waals surface area contributed by atoms with E-state index < -0.39 is 0 Å². The third kappa shape index (κ3) is 3.55. The lowest BCUT2D eigenvalue weighted by atomic mass is 9.98. The van der Waals surface area contributed by atoms with Gasteiger partial charge in [0.25, 0.3) is 0 Å². The molecule has 0 amide bonds. The topological polar surface area (TPSA) is 76.6 Å². The average Bonchev–Trinajstić information content (AvgIpc) is 3.33. The van der Waals surface area contributed by atoms with Crippen LogP contribution in [0.5, 0.6) is 5.88 Å². The van der Waals surface area contributed by atoms with E-state index in [1.165, 1.54) is 0 Å². The van der Waals surface area contributed by atoms with Crippen LogP contribution in [0.2, 0.25) is 0 Å². The van der Waals surface area contributed by atoms with Gasteiger partial charge in [-0.25, -0.2) is 4.98 Å². The minimum absolute atomic E-state index is 0.456. The molecule has 0 radical (unpaired) electrons. The Morgan fingerprint density at radius 3 is 2.38 bits per heavy atom. The number of nitrogens with zero attached hydrogens (tertiary/aromatic N) is 4. The summed E-state index contributed by atoms with van der Waals surface area (Å²) in [6, 6.07) is 28.2. The number of hydrogen-bond donors (Lipinski definition) is 1. The molecule has 140 valence electrons. The van der Waals surface area contributed by atoms with Crippen LogP contribution in [0.1, 0.15) is 5.56 Å². The number of rotatable bonds is 5. The van der Waals surface area contributed by atoms with E-state index in [4.69, 9.17) is 4.74 Å². The third-order valence-corrected chi connectivity index (χ3v) is 4.74. The number of fused-ring (bicyclic) bond motifs is 1. The monoisotopic (exact) mass is 379 g/mol. The smallest absolute Gasteiger partial charge is 0.214 e. The van der Waals surface area contributed by atoms with Crippen LogP contribution < -0.4 is 4.74 Å². The molecule has 6 heteroatoms. The van der Waals surface area contributed by atoms with Crippen molar-refractivity contribution in [3.63, 3.8) is 0 Å². The fourth-order valence-electron chi connectivity index (χ4n) is 3.27. The summed E-state index contributed by atoms with van der Waals surface area (Å²) in [5, 5.41) is 15.5. The van der Waals surface area contributed by atoms with Gasteiger partial charge < -0.3 is 4.74 Å². The van der Waals surface area contributed by atoms with E-state index in [0.717, 1.165) is 33.2 Å². The minimum Gasteiger partial charge on any atom is -0.473 e. The van der Waals surface area contributed by atoms with Crippen LogP contribution in [0.25, 0.3) is 33.4 Å². The molecular weight excluding hydrogens is 362 g/mol. The van der Waals surface area contributed by atoms with Gasteiger partial charge in [0.05, 0.1) is 5.52 Å². The number of pyridine rings is 1. The molecule has 6 nitrogen and oxygen atoms in total. The van der Waals surface area contributed by atoms with Crippen LogP contribution in [-0.4, -0.2) is 25.6 Å². The summed E-state index contributed by atoms with van der Waals surface area (Å²) in [5.41, 5.74) is 5.07. The van der Waals surface area contributed by atoms with E-state index >= 15 is 0 Å². The largest absolute Gasteiger partial charge is 0.473 e. The minimum atomic E-state index is 0.456. The molecule has 2 aromatic heterocycles. The van der Waals surface area contributed by atoms with Gasteiger partial charge in [-0.2, -0.15) is 5.21 Å². The number of hydrogen-bond acceptors (Lipinski definition) is 5. The fourth-order valence-corrected chi connectivity index (χ4v) is 3.27. The van der Waals surface area contributed by atoms with Crippen LogP contribution in [-0.2, 0) is 6.61 Å². The maximum absolute atomic E-state index is 5.88. The Labute approximate surface area is 167 Å². The normalized spacial score (nSPS) is 10.9. The summed E-state index contributed by atoms with van der Waals surface area (Å²) in [7, 11) is 0. The first-order valence-electron chi connectivity index (χ1n) is 9.27. The maximum Gasteiger partial charge on any atom is 0.214 e. The Balaban J connectivity index is 1.34. The highest BCUT2D eigenvalue weighted by Crippen LogP contribution is 2.29. The molecule has 0 saturated carbocycles. The summed E-state index contributed by atoms with van der Waals surface area (Å²) < 4.78 is 5.88. The lowest BCUT2D eigenvalue weighted by Crippen LogP contribution is -1.97. The summed E-state index contributed by atoms with van der Waals surface area (Å²) in [6.07, 6.45) is 0. The number of nitrogens with one attached hydrogen (secondary N) is 1. The van der Waals surface area contributed by atoms with Gasteiger partial charge in [0.2, 0.25) is 11.7 Å². The first-order valence-corrected chi connectivity index (χ1v) is 9.27. The fraction of sp³-hybridized carbons (Fsp3) is 0.0435. The molecule has 0 unspecified atom stereocenters. The van der Waals surface area contributed by atoms with Crippen LogP contribution >= 0.6 is 0 Å². The van der Waals surface area contributed by atoms with Crippen LogP contribution in [0, 0.1) is 0 Å². The molecule has 0 bridgehead atoms. The van der Waals surface area contributed by atoms with Gasteiger partial charge in [-0.1, -0.05) is 66.7 Å². The standard InChI is InChI=1S/C23H17N5O/c1-4-8-21-18(5-1)13-14-22(24-21)29-15-16-9-11-17(12-10-16)19-6-2-3-7-20(19)23-25-27-28-26-23/h1-14H,15H2,(H,25,26,27,28). The van der Waals surface area contributed by atoms with Gasteiger partial charge in [0.15, 0.2) is 0 Å². The molecule has 5 rings (SSSR count). The Morgan fingerprint density at radius 2 is 1.55 bits per heavy atom. The molecule has 0 aliphatic carbocycles. The summed E-state index contributed by atoms with van der Waals surface area (Å²) in [6.45, 7) is 0.456. The second-order valence-corrected chi connectivity index (χ2v) is 6.61. The van der Waals surface area contributed by atoms with Crippen molar-refractivity contribution in [3.8, 4) is 28.4 Å². The lowest BCUT2D eigenvalue weighted by molar-refractivity contribution is 0.295. The van der Waals surface area contributed by atoms with E-state index in [1.54, 1.807) is 0 Å². The van der Waals surface area contributed by atoms with Gasteiger partial charge >= 0.3 is 0 Å². The first-order chi connectivity index (χ1) is 14.4. The molecule has 29 heavy (non-hydrogen) atoms. The molecule has 5 aromatic rings. The van der Waals surface area contributed by atoms with Crippen molar-refractivity contribution in [3.05, 3.63) is 90.5 Å². The van der Waals surface area contributed by atoms with E-state index in [1.807, 2.05) is 54.6 Å². The van der Waals surface area contributed by atoms with Crippen molar-refractivity contribution in [2.45, 2.75) is 6.61 Å². The highest BCUT2D eigenvalue weighted by atomic mass is 16.5. The van der Waals surface area contributed by atoms with E-state index in [2.05, 4.69) is 55.9 Å². The van der Waals surface area contributed by atoms with Crippen molar-refractivity contribution in [2.75, 3.05) is 0 Å². The Bertz CT molecular complexity index is 1250. The molecular formula is C23H17N5O. The van der Waals surface area contributed by atoms with Crippen molar-refractivity contribution in [1.82, 2.24) is 25.6 Å². The van der Waals surface area contributed by atoms with Crippen molar-refractivity contribution in [2.24, 2.45) is 0 Å². The molecule has 0 fully saturated rings. The molecule has 0 spiro atoms. The molecule has 2 heterocycles. The van der Waals surface area contributed by atoms with Gasteiger partial charge in [0, 0.05) is 17.0 Å². The van der Waals surface area contributed by atoms with Gasteiger partial charge in [-0.3, -0.25) is 0 Å². The highest BCUT2D eigenvalue weighted by Gasteiger charge is 2.10. The summed E-state index contributed by atoms with van der Waals surface area (Å²) in [5.74, 6) is 1.20. The molecule has 0 atom stereocenters. The SMILES string of the molecule is c1ccc(-c2nn[nH]n2)c(-c2ccc(COc3ccc4ccccc4n3)cc2)c1. The number of tetrazole rings is 1. The molecule has 0 aliphatic heterocycles. The van der Waals surface area contributed by atoms with Crippen molar-refractivity contribution in [1.29, 1.82) is 0 Å². The average molecular weight is 379 g/mol. The van der Waals surface area contributed by atoms with Crippen LogP contribution in [0.4, 0.5) is 0 Å². The lowest BCUT2D eigenvalue weighted by Gasteiger charge is -2.09. The predicted octanol–water partition coefficient (Wildman–Crippen LogP) is 4.66. The quantitative estimate of drug-likeness (QED) is 0.481.